The Morgan fingerprint density at radius 1 is 1.17 bits per heavy atom. The van der Waals surface area contributed by atoms with E-state index in [0.29, 0.717) is 22.3 Å². The van der Waals surface area contributed by atoms with Crippen LogP contribution in [-0.4, -0.2) is 19.3 Å². The summed E-state index contributed by atoms with van der Waals surface area (Å²) in [6.45, 7) is 9.17. The summed E-state index contributed by atoms with van der Waals surface area (Å²) < 4.78 is 6.40. The first kappa shape index (κ1) is 12.9. The van der Waals surface area contributed by atoms with Gasteiger partial charge in [0.25, 0.3) is 0 Å². The molecule has 3 fully saturated rings. The molecule has 18 heavy (non-hydrogen) atoms. The molecule has 0 radical (unpaired) electrons. The first-order valence-corrected chi connectivity index (χ1v) is 7.75. The maximum absolute atomic E-state index is 6.40. The van der Waals surface area contributed by atoms with Gasteiger partial charge < -0.3 is 10.5 Å². The fourth-order valence-electron chi connectivity index (χ4n) is 4.61. The van der Waals surface area contributed by atoms with Crippen molar-refractivity contribution in [2.45, 2.75) is 65.4 Å². The van der Waals surface area contributed by atoms with Gasteiger partial charge in [-0.05, 0) is 67.2 Å². The van der Waals surface area contributed by atoms with E-state index in [0.717, 1.165) is 25.5 Å². The van der Waals surface area contributed by atoms with Crippen LogP contribution in [0.3, 0.4) is 0 Å². The molecule has 3 rings (SSSR count). The molecule has 2 bridgehead atoms. The Hall–Kier alpha value is -0.0800. The molecular formula is C16H29NO. The first-order chi connectivity index (χ1) is 8.44. The molecule has 104 valence electrons. The summed E-state index contributed by atoms with van der Waals surface area (Å²) in [7, 11) is 0. The van der Waals surface area contributed by atoms with E-state index >= 15 is 0 Å². The molecule has 0 spiro atoms. The van der Waals surface area contributed by atoms with Gasteiger partial charge in [-0.1, -0.05) is 20.8 Å². The van der Waals surface area contributed by atoms with Crippen molar-refractivity contribution in [2.24, 2.45) is 27.9 Å². The molecular weight excluding hydrogens is 222 g/mol. The van der Waals surface area contributed by atoms with E-state index in [1.54, 1.807) is 0 Å². The van der Waals surface area contributed by atoms with E-state index in [4.69, 9.17) is 10.5 Å². The van der Waals surface area contributed by atoms with Gasteiger partial charge in [0.2, 0.25) is 0 Å². The number of hydrogen-bond donors (Lipinski definition) is 1. The first-order valence-electron chi connectivity index (χ1n) is 7.75. The van der Waals surface area contributed by atoms with Gasteiger partial charge in [0.15, 0.2) is 0 Å². The normalized spacial score (nSPS) is 43.3. The second-order valence-electron chi connectivity index (χ2n) is 7.95. The van der Waals surface area contributed by atoms with Crippen molar-refractivity contribution >= 4 is 0 Å². The van der Waals surface area contributed by atoms with E-state index < -0.39 is 0 Å². The largest absolute Gasteiger partial charge is 0.377 e. The topological polar surface area (TPSA) is 35.2 Å². The van der Waals surface area contributed by atoms with Crippen molar-refractivity contribution in [1.82, 2.24) is 0 Å². The predicted octanol–water partition coefficient (Wildman–Crippen LogP) is 3.35. The van der Waals surface area contributed by atoms with Crippen LogP contribution in [0, 0.1) is 22.2 Å². The van der Waals surface area contributed by atoms with Gasteiger partial charge in [0.05, 0.1) is 12.7 Å². The van der Waals surface area contributed by atoms with Gasteiger partial charge in [-0.2, -0.15) is 0 Å². The second-order valence-corrected chi connectivity index (χ2v) is 7.95. The Bertz CT molecular complexity index is 334. The fraction of sp³-hybridized carbons (Fsp3) is 1.00. The predicted molar refractivity (Wildman–Crippen MR) is 74.3 cm³/mol. The zero-order chi connectivity index (χ0) is 13.0. The van der Waals surface area contributed by atoms with Gasteiger partial charge in [-0.3, -0.25) is 0 Å². The molecule has 0 amide bonds. The van der Waals surface area contributed by atoms with Crippen molar-refractivity contribution in [2.75, 3.05) is 13.2 Å². The number of nitrogens with two attached hydrogens (primary N) is 1. The van der Waals surface area contributed by atoms with Crippen LogP contribution in [0.15, 0.2) is 0 Å². The minimum atomic E-state index is 0.413. The number of rotatable bonds is 5. The summed E-state index contributed by atoms with van der Waals surface area (Å²) in [6, 6.07) is 0. The lowest BCUT2D eigenvalue weighted by Gasteiger charge is -2.39. The van der Waals surface area contributed by atoms with Crippen LogP contribution in [0.4, 0.5) is 0 Å². The highest BCUT2D eigenvalue weighted by atomic mass is 16.5. The van der Waals surface area contributed by atoms with Gasteiger partial charge >= 0.3 is 0 Å². The summed E-state index contributed by atoms with van der Waals surface area (Å²) in [5.74, 6) is 0.886. The SMILES string of the molecule is CC1(C)C2CCC1(C)C(OCC1(CCN)CC1)C2. The van der Waals surface area contributed by atoms with Crippen LogP contribution in [-0.2, 0) is 4.74 Å². The molecule has 3 aliphatic rings. The molecule has 0 heterocycles. The highest BCUT2D eigenvalue weighted by Gasteiger charge is 2.62. The van der Waals surface area contributed by atoms with Crippen molar-refractivity contribution < 1.29 is 4.74 Å². The zero-order valence-corrected chi connectivity index (χ0v) is 12.3. The summed E-state index contributed by atoms with van der Waals surface area (Å²) >= 11 is 0. The third-order valence-corrected chi connectivity index (χ3v) is 6.94. The summed E-state index contributed by atoms with van der Waals surface area (Å²) in [4.78, 5) is 0. The van der Waals surface area contributed by atoms with Crippen LogP contribution in [0.25, 0.3) is 0 Å². The molecule has 0 saturated heterocycles. The van der Waals surface area contributed by atoms with E-state index in [2.05, 4.69) is 20.8 Å². The minimum absolute atomic E-state index is 0.413. The Balaban J connectivity index is 1.62. The van der Waals surface area contributed by atoms with Crippen molar-refractivity contribution in [3.8, 4) is 0 Å². The van der Waals surface area contributed by atoms with Gasteiger partial charge in [0.1, 0.15) is 0 Å². The van der Waals surface area contributed by atoms with Crippen molar-refractivity contribution in [1.29, 1.82) is 0 Å². The second kappa shape index (κ2) is 3.96. The lowest BCUT2D eigenvalue weighted by Crippen LogP contribution is -2.38. The Morgan fingerprint density at radius 2 is 1.89 bits per heavy atom. The minimum Gasteiger partial charge on any atom is -0.377 e. The summed E-state index contributed by atoms with van der Waals surface area (Å²) in [6.07, 6.45) is 8.39. The number of hydrogen-bond acceptors (Lipinski definition) is 2. The standard InChI is InChI=1S/C16H29NO/c1-14(2)12-4-5-15(14,3)13(10-12)18-11-16(6-7-16)8-9-17/h12-13H,4-11,17H2,1-3H3. The Labute approximate surface area is 112 Å². The maximum atomic E-state index is 6.40. The fourth-order valence-corrected chi connectivity index (χ4v) is 4.61. The zero-order valence-electron chi connectivity index (χ0n) is 12.3. The van der Waals surface area contributed by atoms with Crippen molar-refractivity contribution in [3.63, 3.8) is 0 Å². The third-order valence-electron chi connectivity index (χ3n) is 6.94. The Morgan fingerprint density at radius 3 is 2.33 bits per heavy atom. The smallest absolute Gasteiger partial charge is 0.0637 e. The molecule has 3 aliphatic carbocycles. The Kier molecular flexibility index (Phi) is 2.84. The highest BCUT2D eigenvalue weighted by molar-refractivity contribution is 5.11. The average molecular weight is 251 g/mol. The molecule has 0 aromatic carbocycles. The maximum Gasteiger partial charge on any atom is 0.0637 e. The van der Waals surface area contributed by atoms with Gasteiger partial charge in [-0.15, -0.1) is 0 Å². The van der Waals surface area contributed by atoms with Gasteiger partial charge in [0, 0.05) is 0 Å². The molecule has 0 aliphatic heterocycles. The third kappa shape index (κ3) is 1.68. The van der Waals surface area contributed by atoms with Crippen LogP contribution in [0.1, 0.15) is 59.3 Å². The average Bonchev–Trinajstić information content (AvgIpc) is 3.00. The van der Waals surface area contributed by atoms with E-state index in [-0.39, 0.29) is 0 Å². The van der Waals surface area contributed by atoms with Gasteiger partial charge in [-0.25, -0.2) is 0 Å². The number of ether oxygens (including phenoxy) is 1. The highest BCUT2D eigenvalue weighted by Crippen LogP contribution is 2.66. The van der Waals surface area contributed by atoms with E-state index in [1.165, 1.54) is 32.1 Å². The lowest BCUT2D eigenvalue weighted by molar-refractivity contribution is -0.0631. The van der Waals surface area contributed by atoms with Crippen molar-refractivity contribution in [3.05, 3.63) is 0 Å². The molecule has 3 atom stereocenters. The summed E-state index contributed by atoms with van der Waals surface area (Å²) in [5, 5.41) is 0. The molecule has 0 aromatic heterocycles. The molecule has 2 N–H and O–H groups in total. The van der Waals surface area contributed by atoms with Crippen LogP contribution in [0.2, 0.25) is 0 Å². The van der Waals surface area contributed by atoms with E-state index in [9.17, 15) is 0 Å². The molecule has 2 nitrogen and oxygen atoms in total. The molecule has 2 heteroatoms. The molecule has 0 aromatic rings. The number of fused-ring (bicyclic) bond motifs is 2. The molecule has 3 saturated carbocycles. The monoisotopic (exact) mass is 251 g/mol. The quantitative estimate of drug-likeness (QED) is 0.813. The van der Waals surface area contributed by atoms with Crippen LogP contribution >= 0.6 is 0 Å². The lowest BCUT2D eigenvalue weighted by atomic mass is 9.70. The van der Waals surface area contributed by atoms with E-state index in [1.807, 2.05) is 0 Å². The summed E-state index contributed by atoms with van der Waals surface area (Å²) in [5.41, 5.74) is 7.07. The molecule has 3 unspecified atom stereocenters. The van der Waals surface area contributed by atoms with Crippen LogP contribution < -0.4 is 5.73 Å². The van der Waals surface area contributed by atoms with Crippen LogP contribution in [0.5, 0.6) is 0 Å².